The van der Waals surface area contributed by atoms with Crippen molar-refractivity contribution in [1.29, 1.82) is 0 Å². The van der Waals surface area contributed by atoms with Crippen LogP contribution in [0.25, 0.3) is 0 Å². The molecule has 0 aliphatic carbocycles. The van der Waals surface area contributed by atoms with Crippen molar-refractivity contribution in [2.24, 2.45) is 0 Å². The quantitative estimate of drug-likeness (QED) is 0.724. The number of benzene rings is 1. The van der Waals surface area contributed by atoms with E-state index in [1.54, 1.807) is 4.90 Å². The molecular formula is C21H32N3O2+. The maximum Gasteiger partial charge on any atom is 0.251 e. The summed E-state index contributed by atoms with van der Waals surface area (Å²) in [5.41, 5.74) is 1.72. The first-order valence-corrected chi connectivity index (χ1v) is 10.1. The summed E-state index contributed by atoms with van der Waals surface area (Å²) in [5, 5.41) is 3.05. The average Bonchev–Trinajstić information content (AvgIpc) is 3.05. The molecule has 2 aliphatic heterocycles. The molecule has 2 saturated heterocycles. The maximum absolute atomic E-state index is 12.4. The molecule has 2 amide bonds. The fourth-order valence-corrected chi connectivity index (χ4v) is 4.15. The van der Waals surface area contributed by atoms with E-state index in [4.69, 9.17) is 0 Å². The predicted molar refractivity (Wildman–Crippen MR) is 102 cm³/mol. The fourth-order valence-electron chi connectivity index (χ4n) is 4.15. The number of rotatable bonds is 7. The van der Waals surface area contributed by atoms with E-state index in [-0.39, 0.29) is 11.8 Å². The number of quaternary nitrogens is 1. The van der Waals surface area contributed by atoms with Gasteiger partial charge in [-0.15, -0.1) is 0 Å². The summed E-state index contributed by atoms with van der Waals surface area (Å²) >= 11 is 0. The fraction of sp³-hybridized carbons (Fsp3) is 0.619. The maximum atomic E-state index is 12.4. The van der Waals surface area contributed by atoms with Gasteiger partial charge in [-0.1, -0.05) is 12.1 Å². The van der Waals surface area contributed by atoms with Gasteiger partial charge in [0.05, 0.1) is 19.1 Å². The van der Waals surface area contributed by atoms with E-state index in [0.717, 1.165) is 44.1 Å². The molecule has 2 atom stereocenters. The van der Waals surface area contributed by atoms with E-state index in [1.165, 1.54) is 25.8 Å². The van der Waals surface area contributed by atoms with Crippen LogP contribution in [0.2, 0.25) is 0 Å². The standard InChI is InChI=1S/C21H31N3O2/c1-17-7-2-3-12-23(17)14-6-11-22-21(26)19-9-4-8-18(15-19)16-24-13-5-10-20(24)25/h4,8-9,15,17H,2-3,5-7,10-14,16H2,1H3,(H,22,26)/p+1/t17-/m0/s1. The molecule has 2 aliphatic rings. The molecule has 1 unspecified atom stereocenters. The zero-order valence-corrected chi connectivity index (χ0v) is 15.9. The van der Waals surface area contributed by atoms with Gasteiger partial charge in [0.2, 0.25) is 5.91 Å². The number of likely N-dealkylation sites (tertiary alicyclic amines) is 2. The Labute approximate surface area is 156 Å². The Hall–Kier alpha value is -1.88. The number of carbonyl (C=O) groups excluding carboxylic acids is 2. The third-order valence-electron chi connectivity index (χ3n) is 5.78. The zero-order chi connectivity index (χ0) is 18.4. The monoisotopic (exact) mass is 358 g/mol. The highest BCUT2D eigenvalue weighted by Crippen LogP contribution is 2.15. The largest absolute Gasteiger partial charge is 0.352 e. The van der Waals surface area contributed by atoms with Crippen LogP contribution in [0.15, 0.2) is 24.3 Å². The van der Waals surface area contributed by atoms with Gasteiger partial charge >= 0.3 is 0 Å². The molecule has 0 spiro atoms. The zero-order valence-electron chi connectivity index (χ0n) is 15.9. The molecule has 5 heteroatoms. The van der Waals surface area contributed by atoms with Crippen molar-refractivity contribution in [2.75, 3.05) is 26.2 Å². The van der Waals surface area contributed by atoms with Crippen molar-refractivity contribution in [3.05, 3.63) is 35.4 Å². The summed E-state index contributed by atoms with van der Waals surface area (Å²) < 4.78 is 0. The third kappa shape index (κ3) is 5.07. The third-order valence-corrected chi connectivity index (χ3v) is 5.78. The van der Waals surface area contributed by atoms with Crippen LogP contribution in [0.4, 0.5) is 0 Å². The highest BCUT2D eigenvalue weighted by Gasteiger charge is 2.21. The second-order valence-electron chi connectivity index (χ2n) is 7.78. The minimum absolute atomic E-state index is 0.0127. The Bertz CT molecular complexity index is 631. The van der Waals surface area contributed by atoms with Crippen LogP contribution in [-0.4, -0.2) is 48.9 Å². The molecule has 2 heterocycles. The molecule has 1 aromatic carbocycles. The van der Waals surface area contributed by atoms with Crippen LogP contribution in [0.3, 0.4) is 0 Å². The summed E-state index contributed by atoms with van der Waals surface area (Å²) in [4.78, 5) is 27.7. The lowest BCUT2D eigenvalue weighted by Gasteiger charge is -2.30. The van der Waals surface area contributed by atoms with Gasteiger partial charge < -0.3 is 15.1 Å². The molecule has 0 saturated carbocycles. The first-order valence-electron chi connectivity index (χ1n) is 10.1. The number of hydrogen-bond acceptors (Lipinski definition) is 2. The molecule has 2 fully saturated rings. The van der Waals surface area contributed by atoms with Crippen LogP contribution in [-0.2, 0) is 11.3 Å². The minimum Gasteiger partial charge on any atom is -0.352 e. The van der Waals surface area contributed by atoms with Gasteiger partial charge in [-0.2, -0.15) is 0 Å². The molecule has 0 aromatic heterocycles. The molecule has 26 heavy (non-hydrogen) atoms. The van der Waals surface area contributed by atoms with E-state index < -0.39 is 0 Å². The van der Waals surface area contributed by atoms with Crippen molar-refractivity contribution < 1.29 is 14.5 Å². The van der Waals surface area contributed by atoms with Gasteiger partial charge in [-0.05, 0) is 50.3 Å². The van der Waals surface area contributed by atoms with E-state index in [1.807, 2.05) is 29.2 Å². The van der Waals surface area contributed by atoms with Crippen LogP contribution < -0.4 is 10.2 Å². The van der Waals surface area contributed by atoms with Crippen LogP contribution in [0.5, 0.6) is 0 Å². The van der Waals surface area contributed by atoms with Crippen molar-refractivity contribution in [2.45, 2.75) is 58.0 Å². The van der Waals surface area contributed by atoms with Gasteiger partial charge in [0.15, 0.2) is 0 Å². The van der Waals surface area contributed by atoms with Crippen molar-refractivity contribution >= 4 is 11.8 Å². The molecule has 5 nitrogen and oxygen atoms in total. The predicted octanol–water partition coefficient (Wildman–Crippen LogP) is 1.39. The topological polar surface area (TPSA) is 53.9 Å². The first kappa shape index (κ1) is 18.9. The number of nitrogens with zero attached hydrogens (tertiary/aromatic N) is 1. The van der Waals surface area contributed by atoms with Gasteiger partial charge in [0, 0.05) is 38.0 Å². The van der Waals surface area contributed by atoms with Gasteiger partial charge in [-0.3, -0.25) is 9.59 Å². The lowest BCUT2D eigenvalue weighted by atomic mass is 10.0. The van der Waals surface area contributed by atoms with Gasteiger partial charge in [0.25, 0.3) is 5.91 Å². The second-order valence-corrected chi connectivity index (χ2v) is 7.78. The highest BCUT2D eigenvalue weighted by molar-refractivity contribution is 5.94. The molecule has 3 rings (SSSR count). The van der Waals surface area contributed by atoms with E-state index in [0.29, 0.717) is 18.5 Å². The summed E-state index contributed by atoms with van der Waals surface area (Å²) in [6.45, 7) is 6.90. The molecular weight excluding hydrogens is 326 g/mol. The minimum atomic E-state index is -0.0127. The Morgan fingerprint density at radius 2 is 2.19 bits per heavy atom. The molecule has 0 radical (unpaired) electrons. The second kappa shape index (κ2) is 9.17. The van der Waals surface area contributed by atoms with E-state index in [9.17, 15) is 9.59 Å². The number of piperidine rings is 1. The smallest absolute Gasteiger partial charge is 0.251 e. The van der Waals surface area contributed by atoms with E-state index >= 15 is 0 Å². The Morgan fingerprint density at radius 3 is 2.96 bits per heavy atom. The number of hydrogen-bond donors (Lipinski definition) is 2. The van der Waals surface area contributed by atoms with Gasteiger partial charge in [-0.25, -0.2) is 0 Å². The summed E-state index contributed by atoms with van der Waals surface area (Å²) in [7, 11) is 0. The van der Waals surface area contributed by atoms with Crippen molar-refractivity contribution in [3.63, 3.8) is 0 Å². The van der Waals surface area contributed by atoms with Crippen LogP contribution >= 0.6 is 0 Å². The number of carbonyl (C=O) groups is 2. The molecule has 1 aromatic rings. The van der Waals surface area contributed by atoms with Crippen LogP contribution in [0.1, 0.15) is 61.4 Å². The number of amides is 2. The molecule has 2 N–H and O–H groups in total. The van der Waals surface area contributed by atoms with E-state index in [2.05, 4.69) is 12.2 Å². The van der Waals surface area contributed by atoms with Crippen LogP contribution in [0, 0.1) is 0 Å². The first-order chi connectivity index (χ1) is 12.6. The lowest BCUT2D eigenvalue weighted by Crippen LogP contribution is -3.16. The van der Waals surface area contributed by atoms with Crippen molar-refractivity contribution in [1.82, 2.24) is 10.2 Å². The highest BCUT2D eigenvalue weighted by atomic mass is 16.2. The Morgan fingerprint density at radius 1 is 1.31 bits per heavy atom. The molecule has 0 bridgehead atoms. The van der Waals surface area contributed by atoms with Crippen molar-refractivity contribution in [3.8, 4) is 0 Å². The normalized spacial score (nSPS) is 23.3. The Kier molecular flexibility index (Phi) is 6.67. The van der Waals surface area contributed by atoms with Gasteiger partial charge in [0.1, 0.15) is 0 Å². The Balaban J connectivity index is 1.44. The summed E-state index contributed by atoms with van der Waals surface area (Å²) in [6, 6.07) is 8.42. The molecule has 142 valence electrons. The number of nitrogens with one attached hydrogen (secondary N) is 2. The lowest BCUT2D eigenvalue weighted by molar-refractivity contribution is -0.928. The summed E-state index contributed by atoms with van der Waals surface area (Å²) in [5.74, 6) is 0.204. The average molecular weight is 359 g/mol. The summed E-state index contributed by atoms with van der Waals surface area (Å²) in [6.07, 6.45) is 6.63. The SMILES string of the molecule is C[C@H]1CCCC[NH+]1CCCNC(=O)c1cccc(CN2CCCC2=O)c1.